The van der Waals surface area contributed by atoms with Crippen molar-refractivity contribution >= 4 is 0 Å². The third kappa shape index (κ3) is 7.06. The minimum absolute atomic E-state index is 0.848. The van der Waals surface area contributed by atoms with Gasteiger partial charge in [-0.05, 0) is 31.3 Å². The maximum atomic E-state index is 3.41. The fraction of sp³-hybridized carbons (Fsp3) is 1.00. The SMILES string of the molecule is CCNCC(C)CCC(CC)CC. The van der Waals surface area contributed by atoms with Crippen molar-refractivity contribution in [1.29, 1.82) is 0 Å². The van der Waals surface area contributed by atoms with Crippen LogP contribution in [0.2, 0.25) is 0 Å². The summed E-state index contributed by atoms with van der Waals surface area (Å²) >= 11 is 0. The molecule has 0 aromatic carbocycles. The summed E-state index contributed by atoms with van der Waals surface area (Å²) in [7, 11) is 0. The van der Waals surface area contributed by atoms with Crippen molar-refractivity contribution in [1.82, 2.24) is 5.32 Å². The molecule has 0 radical (unpaired) electrons. The molecule has 0 heterocycles. The second-order valence-electron chi connectivity index (χ2n) is 4.17. The molecule has 0 aliphatic carbocycles. The van der Waals surface area contributed by atoms with Gasteiger partial charge in [-0.1, -0.05) is 47.0 Å². The van der Waals surface area contributed by atoms with Crippen LogP contribution in [0.4, 0.5) is 0 Å². The molecule has 0 saturated carbocycles. The quantitative estimate of drug-likeness (QED) is 0.611. The van der Waals surface area contributed by atoms with E-state index in [9.17, 15) is 0 Å². The second kappa shape index (κ2) is 8.55. The van der Waals surface area contributed by atoms with E-state index >= 15 is 0 Å². The molecule has 1 atom stereocenters. The molecule has 1 N–H and O–H groups in total. The van der Waals surface area contributed by atoms with Gasteiger partial charge in [0.05, 0.1) is 0 Å². The Labute approximate surface area is 84.3 Å². The van der Waals surface area contributed by atoms with Crippen LogP contribution in [0.5, 0.6) is 0 Å². The van der Waals surface area contributed by atoms with Crippen LogP contribution in [0.15, 0.2) is 0 Å². The summed E-state index contributed by atoms with van der Waals surface area (Å²) in [5.74, 6) is 1.81. The Kier molecular flexibility index (Phi) is 8.53. The molecule has 13 heavy (non-hydrogen) atoms. The maximum absolute atomic E-state index is 3.41. The molecule has 1 heteroatoms. The number of hydrogen-bond acceptors (Lipinski definition) is 1. The normalized spacial score (nSPS) is 13.6. The van der Waals surface area contributed by atoms with Crippen molar-refractivity contribution in [2.24, 2.45) is 11.8 Å². The third-order valence-corrected chi connectivity index (χ3v) is 2.97. The molecule has 80 valence electrons. The van der Waals surface area contributed by atoms with Gasteiger partial charge in [0.1, 0.15) is 0 Å². The highest BCUT2D eigenvalue weighted by molar-refractivity contribution is 4.61. The number of rotatable bonds is 8. The first-order valence-electron chi connectivity index (χ1n) is 5.95. The fourth-order valence-corrected chi connectivity index (χ4v) is 1.71. The highest BCUT2D eigenvalue weighted by Crippen LogP contribution is 2.17. The van der Waals surface area contributed by atoms with E-state index in [4.69, 9.17) is 0 Å². The molecule has 0 spiro atoms. The molecule has 0 bridgehead atoms. The lowest BCUT2D eigenvalue weighted by Gasteiger charge is -2.16. The molecule has 0 fully saturated rings. The third-order valence-electron chi connectivity index (χ3n) is 2.97. The fourth-order valence-electron chi connectivity index (χ4n) is 1.71. The molecule has 0 amide bonds. The van der Waals surface area contributed by atoms with Gasteiger partial charge in [-0.15, -0.1) is 0 Å². The molecular weight excluding hydrogens is 158 g/mol. The zero-order valence-corrected chi connectivity index (χ0v) is 9.90. The predicted octanol–water partition coefficient (Wildman–Crippen LogP) is 3.45. The van der Waals surface area contributed by atoms with Crippen LogP contribution in [0, 0.1) is 11.8 Å². The van der Waals surface area contributed by atoms with E-state index in [1.807, 2.05) is 0 Å². The minimum atomic E-state index is 0.848. The summed E-state index contributed by atoms with van der Waals surface area (Å²) < 4.78 is 0. The monoisotopic (exact) mass is 185 g/mol. The first-order valence-corrected chi connectivity index (χ1v) is 5.95. The van der Waals surface area contributed by atoms with Crippen LogP contribution in [0.25, 0.3) is 0 Å². The predicted molar refractivity (Wildman–Crippen MR) is 61.0 cm³/mol. The summed E-state index contributed by atoms with van der Waals surface area (Å²) in [4.78, 5) is 0. The maximum Gasteiger partial charge on any atom is -0.00233 e. The van der Waals surface area contributed by atoms with Crippen molar-refractivity contribution in [3.05, 3.63) is 0 Å². The Morgan fingerprint density at radius 2 is 1.62 bits per heavy atom. The average molecular weight is 185 g/mol. The van der Waals surface area contributed by atoms with Crippen LogP contribution in [-0.2, 0) is 0 Å². The molecule has 0 aliphatic rings. The molecule has 0 saturated heterocycles. The van der Waals surface area contributed by atoms with E-state index in [1.54, 1.807) is 0 Å². The highest BCUT2D eigenvalue weighted by atomic mass is 14.8. The summed E-state index contributed by atoms with van der Waals surface area (Å²) in [5.41, 5.74) is 0. The van der Waals surface area contributed by atoms with E-state index in [1.165, 1.54) is 32.2 Å². The lowest BCUT2D eigenvalue weighted by molar-refractivity contribution is 0.381. The van der Waals surface area contributed by atoms with Crippen LogP contribution in [-0.4, -0.2) is 13.1 Å². The van der Waals surface area contributed by atoms with Gasteiger partial charge in [0.15, 0.2) is 0 Å². The van der Waals surface area contributed by atoms with Crippen molar-refractivity contribution in [2.45, 2.75) is 53.4 Å². The zero-order valence-electron chi connectivity index (χ0n) is 9.90. The Bertz CT molecular complexity index is 97.3. The minimum Gasteiger partial charge on any atom is -0.317 e. The standard InChI is InChI=1S/C12H27N/c1-5-12(6-2)9-8-11(4)10-13-7-3/h11-13H,5-10H2,1-4H3. The van der Waals surface area contributed by atoms with Gasteiger partial charge < -0.3 is 5.32 Å². The van der Waals surface area contributed by atoms with Gasteiger partial charge in [-0.3, -0.25) is 0 Å². The van der Waals surface area contributed by atoms with Gasteiger partial charge in [-0.2, -0.15) is 0 Å². The van der Waals surface area contributed by atoms with Gasteiger partial charge in [0.2, 0.25) is 0 Å². The molecule has 1 nitrogen and oxygen atoms in total. The van der Waals surface area contributed by atoms with Crippen LogP contribution in [0.1, 0.15) is 53.4 Å². The van der Waals surface area contributed by atoms with Crippen molar-refractivity contribution in [3.8, 4) is 0 Å². The van der Waals surface area contributed by atoms with Gasteiger partial charge >= 0.3 is 0 Å². The van der Waals surface area contributed by atoms with Crippen LogP contribution >= 0.6 is 0 Å². The van der Waals surface area contributed by atoms with Crippen molar-refractivity contribution in [2.75, 3.05) is 13.1 Å². The first-order chi connectivity index (χ1) is 6.24. The van der Waals surface area contributed by atoms with E-state index in [0.717, 1.165) is 18.4 Å². The summed E-state index contributed by atoms with van der Waals surface area (Å²) in [6.07, 6.45) is 5.51. The Balaban J connectivity index is 3.38. The van der Waals surface area contributed by atoms with Crippen molar-refractivity contribution in [3.63, 3.8) is 0 Å². The van der Waals surface area contributed by atoms with Gasteiger partial charge in [0, 0.05) is 0 Å². The van der Waals surface area contributed by atoms with Crippen LogP contribution in [0.3, 0.4) is 0 Å². The smallest absolute Gasteiger partial charge is 0.00233 e. The van der Waals surface area contributed by atoms with Crippen LogP contribution < -0.4 is 5.32 Å². The average Bonchev–Trinajstić information content (AvgIpc) is 2.16. The second-order valence-corrected chi connectivity index (χ2v) is 4.17. The highest BCUT2D eigenvalue weighted by Gasteiger charge is 2.06. The number of nitrogens with one attached hydrogen (secondary N) is 1. The molecule has 0 aromatic rings. The van der Waals surface area contributed by atoms with E-state index in [2.05, 4.69) is 33.0 Å². The van der Waals surface area contributed by atoms with Crippen molar-refractivity contribution < 1.29 is 0 Å². The Morgan fingerprint density at radius 1 is 1.00 bits per heavy atom. The first kappa shape index (κ1) is 13.0. The van der Waals surface area contributed by atoms with E-state index < -0.39 is 0 Å². The topological polar surface area (TPSA) is 12.0 Å². The molecule has 0 aliphatic heterocycles. The molecular formula is C12H27N. The molecule has 0 rings (SSSR count). The largest absolute Gasteiger partial charge is 0.317 e. The number of hydrogen-bond donors (Lipinski definition) is 1. The van der Waals surface area contributed by atoms with E-state index in [-0.39, 0.29) is 0 Å². The lowest BCUT2D eigenvalue weighted by Crippen LogP contribution is -2.21. The zero-order chi connectivity index (χ0) is 10.1. The van der Waals surface area contributed by atoms with E-state index in [0.29, 0.717) is 0 Å². The Morgan fingerprint density at radius 3 is 2.08 bits per heavy atom. The summed E-state index contributed by atoms with van der Waals surface area (Å²) in [6, 6.07) is 0. The Hall–Kier alpha value is -0.0400. The molecule has 1 unspecified atom stereocenters. The summed E-state index contributed by atoms with van der Waals surface area (Å²) in [5, 5.41) is 3.41. The lowest BCUT2D eigenvalue weighted by atomic mass is 9.93. The molecule has 0 aromatic heterocycles. The summed E-state index contributed by atoms with van der Waals surface area (Å²) in [6.45, 7) is 11.4. The van der Waals surface area contributed by atoms with Gasteiger partial charge in [-0.25, -0.2) is 0 Å². The van der Waals surface area contributed by atoms with Gasteiger partial charge in [0.25, 0.3) is 0 Å².